The Morgan fingerprint density at radius 2 is 1.83 bits per heavy atom. The molecule has 0 aromatic heterocycles. The van der Waals surface area contributed by atoms with Gasteiger partial charge in [0.25, 0.3) is 0 Å². The van der Waals surface area contributed by atoms with Gasteiger partial charge in [0.05, 0.1) is 0 Å². The quantitative estimate of drug-likeness (QED) is 0.761. The molecule has 1 atom stereocenters. The van der Waals surface area contributed by atoms with Crippen molar-refractivity contribution in [3.8, 4) is 0 Å². The predicted octanol–water partition coefficient (Wildman–Crippen LogP) is 4.13. The van der Waals surface area contributed by atoms with Crippen molar-refractivity contribution in [3.63, 3.8) is 0 Å². The molecule has 0 bridgehead atoms. The lowest BCUT2D eigenvalue weighted by molar-refractivity contribution is 0.466. The summed E-state index contributed by atoms with van der Waals surface area (Å²) < 4.78 is 0. The zero-order valence-corrected chi connectivity index (χ0v) is 12.1. The molecule has 1 aliphatic rings. The van der Waals surface area contributed by atoms with Crippen LogP contribution in [0.25, 0.3) is 0 Å². The van der Waals surface area contributed by atoms with Crippen molar-refractivity contribution in [3.05, 3.63) is 35.4 Å². The fraction of sp³-hybridized carbons (Fsp3) is 0.647. The van der Waals surface area contributed by atoms with E-state index in [9.17, 15) is 0 Å². The molecule has 100 valence electrons. The van der Waals surface area contributed by atoms with Gasteiger partial charge in [0.1, 0.15) is 0 Å². The first-order chi connectivity index (χ1) is 8.69. The highest BCUT2D eigenvalue weighted by Crippen LogP contribution is 2.34. The largest absolute Gasteiger partial charge is 0.314 e. The summed E-state index contributed by atoms with van der Waals surface area (Å²) in [6.45, 7) is 7.80. The van der Waals surface area contributed by atoms with Gasteiger partial charge in [-0.1, -0.05) is 57.9 Å². The fourth-order valence-electron chi connectivity index (χ4n) is 2.61. The average Bonchev–Trinajstić information content (AvgIpc) is 3.14. The normalized spacial score (nSPS) is 17.1. The van der Waals surface area contributed by atoms with Crippen LogP contribution in [0, 0.1) is 5.92 Å². The Hall–Kier alpha value is -0.820. The number of nitrogens with one attached hydrogen (secondary N) is 1. The third-order valence-electron chi connectivity index (χ3n) is 3.94. The molecule has 1 aliphatic carbocycles. The third kappa shape index (κ3) is 4.13. The third-order valence-corrected chi connectivity index (χ3v) is 3.94. The average molecular weight is 245 g/mol. The molecule has 1 fully saturated rings. The number of hydrogen-bond donors (Lipinski definition) is 1. The molecule has 1 aromatic carbocycles. The van der Waals surface area contributed by atoms with Crippen molar-refractivity contribution in [2.45, 2.75) is 58.4 Å². The Labute approximate surface area is 112 Å². The maximum atomic E-state index is 3.64. The standard InChI is InChI=1S/C17H27N/c1-4-18-17(11-14-5-6-14)12-15-7-9-16(10-8-15)13(2)3/h7-10,13-14,17-18H,4-6,11-12H2,1-3H3. The summed E-state index contributed by atoms with van der Waals surface area (Å²) in [6.07, 6.45) is 5.45. The van der Waals surface area contributed by atoms with Gasteiger partial charge in [-0.2, -0.15) is 0 Å². The van der Waals surface area contributed by atoms with E-state index >= 15 is 0 Å². The fourth-order valence-corrected chi connectivity index (χ4v) is 2.61. The molecule has 1 nitrogen and oxygen atoms in total. The molecule has 0 saturated heterocycles. The van der Waals surface area contributed by atoms with Crippen LogP contribution in [0.2, 0.25) is 0 Å². The molecule has 0 spiro atoms. The smallest absolute Gasteiger partial charge is 0.0110 e. The summed E-state index contributed by atoms with van der Waals surface area (Å²) in [5.41, 5.74) is 2.92. The molecule has 0 aliphatic heterocycles. The van der Waals surface area contributed by atoms with E-state index in [1.54, 1.807) is 0 Å². The molecule has 1 saturated carbocycles. The Kier molecular flexibility index (Phi) is 4.82. The molecule has 0 radical (unpaired) electrons. The van der Waals surface area contributed by atoms with Crippen LogP contribution in [-0.2, 0) is 6.42 Å². The van der Waals surface area contributed by atoms with E-state index in [-0.39, 0.29) is 0 Å². The van der Waals surface area contributed by atoms with Crippen molar-refractivity contribution in [2.24, 2.45) is 5.92 Å². The molecule has 18 heavy (non-hydrogen) atoms. The van der Waals surface area contributed by atoms with Crippen LogP contribution >= 0.6 is 0 Å². The second kappa shape index (κ2) is 6.38. The predicted molar refractivity (Wildman–Crippen MR) is 79.0 cm³/mol. The van der Waals surface area contributed by atoms with Gasteiger partial charge in [0, 0.05) is 6.04 Å². The van der Waals surface area contributed by atoms with Crippen LogP contribution in [-0.4, -0.2) is 12.6 Å². The van der Waals surface area contributed by atoms with E-state index in [0.717, 1.165) is 12.5 Å². The molecule has 1 heteroatoms. The minimum absolute atomic E-state index is 0.634. The van der Waals surface area contributed by atoms with Crippen LogP contribution in [0.15, 0.2) is 24.3 Å². The number of rotatable bonds is 7. The first-order valence-electron chi connectivity index (χ1n) is 7.51. The lowest BCUT2D eigenvalue weighted by Gasteiger charge is -2.18. The van der Waals surface area contributed by atoms with Gasteiger partial charge in [-0.15, -0.1) is 0 Å². The summed E-state index contributed by atoms with van der Waals surface area (Å²) in [7, 11) is 0. The van der Waals surface area contributed by atoms with Gasteiger partial charge < -0.3 is 5.32 Å². The maximum absolute atomic E-state index is 3.64. The van der Waals surface area contributed by atoms with E-state index in [2.05, 4.69) is 50.4 Å². The molecule has 0 amide bonds. The first-order valence-corrected chi connectivity index (χ1v) is 7.51. The van der Waals surface area contributed by atoms with Crippen molar-refractivity contribution in [2.75, 3.05) is 6.54 Å². The SMILES string of the molecule is CCNC(Cc1ccc(C(C)C)cc1)CC1CC1. The minimum Gasteiger partial charge on any atom is -0.314 e. The lowest BCUT2D eigenvalue weighted by Crippen LogP contribution is -2.31. The van der Waals surface area contributed by atoms with Crippen molar-refractivity contribution >= 4 is 0 Å². The topological polar surface area (TPSA) is 12.0 Å². The summed E-state index contributed by atoms with van der Waals surface area (Å²) >= 11 is 0. The van der Waals surface area contributed by atoms with Gasteiger partial charge >= 0.3 is 0 Å². The highest BCUT2D eigenvalue weighted by molar-refractivity contribution is 5.25. The Morgan fingerprint density at radius 1 is 1.17 bits per heavy atom. The van der Waals surface area contributed by atoms with Crippen LogP contribution in [0.4, 0.5) is 0 Å². The van der Waals surface area contributed by atoms with E-state index in [0.29, 0.717) is 12.0 Å². The lowest BCUT2D eigenvalue weighted by atomic mass is 9.97. The first kappa shape index (κ1) is 13.6. The zero-order chi connectivity index (χ0) is 13.0. The maximum Gasteiger partial charge on any atom is 0.0110 e. The number of likely N-dealkylation sites (N-methyl/N-ethyl adjacent to an activating group) is 1. The van der Waals surface area contributed by atoms with Gasteiger partial charge in [-0.05, 0) is 42.3 Å². The van der Waals surface area contributed by atoms with E-state index in [1.165, 1.54) is 36.8 Å². The molecule has 2 rings (SSSR count). The molecule has 1 N–H and O–H groups in total. The molecule has 1 unspecified atom stereocenters. The van der Waals surface area contributed by atoms with E-state index in [4.69, 9.17) is 0 Å². The molecular formula is C17H27N. The van der Waals surface area contributed by atoms with E-state index in [1.807, 2.05) is 0 Å². The summed E-state index contributed by atoms with van der Waals surface area (Å²) in [5.74, 6) is 1.64. The Bertz CT molecular complexity index is 348. The second-order valence-corrected chi connectivity index (χ2v) is 6.03. The monoisotopic (exact) mass is 245 g/mol. The highest BCUT2D eigenvalue weighted by atomic mass is 14.9. The number of benzene rings is 1. The van der Waals surface area contributed by atoms with Crippen molar-refractivity contribution < 1.29 is 0 Å². The number of hydrogen-bond acceptors (Lipinski definition) is 1. The molecule has 0 heterocycles. The highest BCUT2D eigenvalue weighted by Gasteiger charge is 2.25. The molecule has 1 aromatic rings. The van der Waals surface area contributed by atoms with Gasteiger partial charge in [0.15, 0.2) is 0 Å². The van der Waals surface area contributed by atoms with Crippen molar-refractivity contribution in [1.29, 1.82) is 0 Å². The zero-order valence-electron chi connectivity index (χ0n) is 12.1. The van der Waals surface area contributed by atoms with Crippen LogP contribution in [0.3, 0.4) is 0 Å². The van der Waals surface area contributed by atoms with Gasteiger partial charge in [-0.25, -0.2) is 0 Å². The van der Waals surface area contributed by atoms with Crippen LogP contribution < -0.4 is 5.32 Å². The van der Waals surface area contributed by atoms with Crippen LogP contribution in [0.5, 0.6) is 0 Å². The summed E-state index contributed by atoms with van der Waals surface area (Å²) in [5, 5.41) is 3.64. The van der Waals surface area contributed by atoms with Crippen molar-refractivity contribution in [1.82, 2.24) is 5.32 Å². The summed E-state index contributed by atoms with van der Waals surface area (Å²) in [6, 6.07) is 9.88. The Balaban J connectivity index is 1.92. The minimum atomic E-state index is 0.634. The van der Waals surface area contributed by atoms with Gasteiger partial charge in [0.2, 0.25) is 0 Å². The summed E-state index contributed by atoms with van der Waals surface area (Å²) in [4.78, 5) is 0. The van der Waals surface area contributed by atoms with Gasteiger partial charge in [-0.3, -0.25) is 0 Å². The van der Waals surface area contributed by atoms with Crippen LogP contribution in [0.1, 0.15) is 57.1 Å². The molecular weight excluding hydrogens is 218 g/mol. The second-order valence-electron chi connectivity index (χ2n) is 6.03. The van der Waals surface area contributed by atoms with E-state index < -0.39 is 0 Å². The Morgan fingerprint density at radius 3 is 2.33 bits per heavy atom.